The summed E-state index contributed by atoms with van der Waals surface area (Å²) in [5.41, 5.74) is 0.718. The van der Waals surface area contributed by atoms with Crippen LogP contribution in [0.25, 0.3) is 11.2 Å². The predicted octanol–water partition coefficient (Wildman–Crippen LogP) is 0.403. The number of carbonyl (C=O) groups is 1. The molecular formula is C12H14FN5O3. The van der Waals surface area contributed by atoms with Crippen LogP contribution in [0.1, 0.15) is 19.6 Å². The fourth-order valence-corrected chi connectivity index (χ4v) is 2.36. The molecule has 0 saturated carbocycles. The van der Waals surface area contributed by atoms with Gasteiger partial charge in [0.2, 0.25) is 5.91 Å². The van der Waals surface area contributed by atoms with Gasteiger partial charge in [-0.2, -0.15) is 0 Å². The van der Waals surface area contributed by atoms with E-state index in [9.17, 15) is 9.18 Å². The molecule has 1 aliphatic rings. The molecule has 0 aromatic carbocycles. The topological polar surface area (TPSA) is 102 Å². The summed E-state index contributed by atoms with van der Waals surface area (Å²) in [6, 6.07) is 0. The highest BCUT2D eigenvalue weighted by molar-refractivity contribution is 5.95. The Bertz CT molecular complexity index is 676. The van der Waals surface area contributed by atoms with Crippen LogP contribution in [0, 0.1) is 0 Å². The fourth-order valence-electron chi connectivity index (χ4n) is 2.36. The highest BCUT2D eigenvalue weighted by Gasteiger charge is 2.37. The predicted molar refractivity (Wildman–Crippen MR) is 70.1 cm³/mol. The van der Waals surface area contributed by atoms with Gasteiger partial charge in [0, 0.05) is 13.3 Å². The molecule has 0 spiro atoms. The molecule has 112 valence electrons. The molecule has 1 saturated heterocycles. The van der Waals surface area contributed by atoms with E-state index < -0.39 is 18.5 Å². The van der Waals surface area contributed by atoms with E-state index in [4.69, 9.17) is 9.84 Å². The van der Waals surface area contributed by atoms with Crippen molar-refractivity contribution < 1.29 is 19.0 Å². The third kappa shape index (κ3) is 2.45. The maximum atomic E-state index is 14.0. The molecule has 0 radical (unpaired) electrons. The van der Waals surface area contributed by atoms with E-state index in [1.54, 1.807) is 0 Å². The molecule has 0 aliphatic carbocycles. The third-order valence-electron chi connectivity index (χ3n) is 3.26. The summed E-state index contributed by atoms with van der Waals surface area (Å²) >= 11 is 0. The number of aromatic nitrogens is 4. The number of carbonyl (C=O) groups excluding carboxylic acids is 1. The van der Waals surface area contributed by atoms with E-state index in [1.807, 2.05) is 0 Å². The summed E-state index contributed by atoms with van der Waals surface area (Å²) in [6.45, 7) is 1.12. The number of hydrogen-bond acceptors (Lipinski definition) is 6. The first-order chi connectivity index (χ1) is 10.1. The first-order valence-electron chi connectivity index (χ1n) is 6.45. The average molecular weight is 295 g/mol. The minimum Gasteiger partial charge on any atom is -0.394 e. The largest absolute Gasteiger partial charge is 0.394 e. The highest BCUT2D eigenvalue weighted by atomic mass is 19.1. The van der Waals surface area contributed by atoms with Crippen LogP contribution in [-0.2, 0) is 9.53 Å². The SMILES string of the molecule is CC(=O)Nc1ncnc2c1ncn2[C@@H]1O[C@H](CO)C[C@H]1F. The normalized spacial score (nSPS) is 25.4. The molecule has 0 unspecified atom stereocenters. The summed E-state index contributed by atoms with van der Waals surface area (Å²) < 4.78 is 20.9. The number of halogens is 1. The number of nitrogens with zero attached hydrogens (tertiary/aromatic N) is 4. The van der Waals surface area contributed by atoms with Crippen LogP contribution < -0.4 is 5.32 Å². The summed E-state index contributed by atoms with van der Waals surface area (Å²) in [5, 5.41) is 11.6. The van der Waals surface area contributed by atoms with Crippen molar-refractivity contribution in [2.24, 2.45) is 0 Å². The minimum atomic E-state index is -1.27. The number of alkyl halides is 1. The lowest BCUT2D eigenvalue weighted by Crippen LogP contribution is -2.17. The Hall–Kier alpha value is -2.13. The van der Waals surface area contributed by atoms with E-state index >= 15 is 0 Å². The number of aliphatic hydroxyl groups is 1. The molecule has 2 N–H and O–H groups in total. The molecule has 9 heteroatoms. The smallest absolute Gasteiger partial charge is 0.222 e. The summed E-state index contributed by atoms with van der Waals surface area (Å²) in [4.78, 5) is 23.3. The van der Waals surface area contributed by atoms with Crippen molar-refractivity contribution in [3.8, 4) is 0 Å². The Morgan fingerprint density at radius 2 is 2.38 bits per heavy atom. The van der Waals surface area contributed by atoms with E-state index in [1.165, 1.54) is 24.1 Å². The summed E-state index contributed by atoms with van der Waals surface area (Å²) in [5.74, 6) is -0.0243. The van der Waals surface area contributed by atoms with E-state index in [0.29, 0.717) is 11.2 Å². The molecule has 8 nitrogen and oxygen atoms in total. The van der Waals surface area contributed by atoms with Crippen LogP contribution in [0.5, 0.6) is 0 Å². The molecule has 1 aliphatic heterocycles. The molecular weight excluding hydrogens is 281 g/mol. The number of imidazole rings is 1. The van der Waals surface area contributed by atoms with Crippen molar-refractivity contribution in [3.63, 3.8) is 0 Å². The second-order valence-corrected chi connectivity index (χ2v) is 4.81. The number of anilines is 1. The van der Waals surface area contributed by atoms with Crippen molar-refractivity contribution in [1.82, 2.24) is 19.5 Å². The van der Waals surface area contributed by atoms with Crippen molar-refractivity contribution in [3.05, 3.63) is 12.7 Å². The van der Waals surface area contributed by atoms with Crippen molar-refractivity contribution in [2.45, 2.75) is 31.8 Å². The number of nitrogens with one attached hydrogen (secondary N) is 1. The molecule has 21 heavy (non-hydrogen) atoms. The third-order valence-corrected chi connectivity index (χ3v) is 3.26. The van der Waals surface area contributed by atoms with Gasteiger partial charge < -0.3 is 15.2 Å². The number of rotatable bonds is 3. The standard InChI is InChI=1S/C12H14FN5O3/c1-6(20)17-10-9-11(15-4-14-10)18(5-16-9)12-8(13)2-7(3-19)21-12/h4-5,7-8,12,19H,2-3H2,1H3,(H,14,15,17,20)/t7-,8+,12+/m0/s1. The number of hydrogen-bond donors (Lipinski definition) is 2. The van der Waals surface area contributed by atoms with Gasteiger partial charge >= 0.3 is 0 Å². The quantitative estimate of drug-likeness (QED) is 0.850. The van der Waals surface area contributed by atoms with Crippen LogP contribution in [0.4, 0.5) is 10.2 Å². The second-order valence-electron chi connectivity index (χ2n) is 4.81. The zero-order valence-corrected chi connectivity index (χ0v) is 11.2. The lowest BCUT2D eigenvalue weighted by Gasteiger charge is -2.15. The number of fused-ring (bicyclic) bond motifs is 1. The minimum absolute atomic E-state index is 0.116. The Kier molecular flexibility index (Phi) is 3.52. The van der Waals surface area contributed by atoms with Gasteiger partial charge in [0.05, 0.1) is 19.0 Å². The zero-order chi connectivity index (χ0) is 15.0. The Morgan fingerprint density at radius 3 is 3.05 bits per heavy atom. The van der Waals surface area contributed by atoms with Crippen LogP contribution in [0.3, 0.4) is 0 Å². The van der Waals surface area contributed by atoms with E-state index in [-0.39, 0.29) is 24.8 Å². The molecule has 3 atom stereocenters. The maximum absolute atomic E-state index is 14.0. The van der Waals surface area contributed by atoms with Crippen molar-refractivity contribution >= 4 is 22.9 Å². The first-order valence-corrected chi connectivity index (χ1v) is 6.45. The van der Waals surface area contributed by atoms with Gasteiger partial charge in [-0.05, 0) is 0 Å². The molecule has 3 rings (SSSR count). The van der Waals surface area contributed by atoms with Crippen LogP contribution in [0.2, 0.25) is 0 Å². The van der Waals surface area contributed by atoms with Crippen LogP contribution in [-0.4, -0.2) is 49.4 Å². The molecule has 2 aromatic heterocycles. The van der Waals surface area contributed by atoms with Gasteiger partial charge in [0.1, 0.15) is 12.5 Å². The van der Waals surface area contributed by atoms with Crippen LogP contribution >= 0.6 is 0 Å². The maximum Gasteiger partial charge on any atom is 0.222 e. The van der Waals surface area contributed by atoms with E-state index in [2.05, 4.69) is 20.3 Å². The van der Waals surface area contributed by atoms with Crippen molar-refractivity contribution in [2.75, 3.05) is 11.9 Å². The van der Waals surface area contributed by atoms with Gasteiger partial charge in [-0.25, -0.2) is 19.3 Å². The Morgan fingerprint density at radius 1 is 1.57 bits per heavy atom. The van der Waals surface area contributed by atoms with E-state index in [0.717, 1.165) is 0 Å². The molecule has 2 aromatic rings. The highest BCUT2D eigenvalue weighted by Crippen LogP contribution is 2.33. The zero-order valence-electron chi connectivity index (χ0n) is 11.2. The first kappa shape index (κ1) is 13.8. The van der Waals surface area contributed by atoms with Crippen molar-refractivity contribution in [1.29, 1.82) is 0 Å². The van der Waals surface area contributed by atoms with Crippen LogP contribution in [0.15, 0.2) is 12.7 Å². The molecule has 0 bridgehead atoms. The lowest BCUT2D eigenvalue weighted by molar-refractivity contribution is -0.114. The fraction of sp³-hybridized carbons (Fsp3) is 0.500. The van der Waals surface area contributed by atoms with Gasteiger partial charge in [0.25, 0.3) is 0 Å². The lowest BCUT2D eigenvalue weighted by atomic mass is 10.2. The number of aliphatic hydroxyl groups excluding tert-OH is 1. The number of amides is 1. The monoisotopic (exact) mass is 295 g/mol. The molecule has 1 amide bonds. The molecule has 3 heterocycles. The van der Waals surface area contributed by atoms with Gasteiger partial charge in [-0.3, -0.25) is 9.36 Å². The molecule has 1 fully saturated rings. The Balaban J connectivity index is 1.99. The Labute approximate surface area is 119 Å². The van der Waals surface area contributed by atoms with Gasteiger partial charge in [0.15, 0.2) is 23.2 Å². The summed E-state index contributed by atoms with van der Waals surface area (Å²) in [6.07, 6.45) is 0.0639. The van der Waals surface area contributed by atoms with Gasteiger partial charge in [-0.1, -0.05) is 0 Å². The average Bonchev–Trinajstić information content (AvgIpc) is 3.02. The summed E-state index contributed by atoms with van der Waals surface area (Å²) in [7, 11) is 0. The second kappa shape index (κ2) is 5.34. The van der Waals surface area contributed by atoms with Gasteiger partial charge in [-0.15, -0.1) is 0 Å². The number of ether oxygens (including phenoxy) is 1.